The van der Waals surface area contributed by atoms with Gasteiger partial charge in [0.25, 0.3) is 0 Å². The van der Waals surface area contributed by atoms with Crippen molar-refractivity contribution in [2.75, 3.05) is 0 Å². The van der Waals surface area contributed by atoms with Crippen LogP contribution in [0.5, 0.6) is 0 Å². The zero-order valence-corrected chi connectivity index (χ0v) is 11.0. The fourth-order valence-electron chi connectivity index (χ4n) is 1.91. The number of nitriles is 1. The Balaban J connectivity index is 2.98. The van der Waals surface area contributed by atoms with E-state index in [1.165, 1.54) is 22.3 Å². The van der Waals surface area contributed by atoms with Crippen LogP contribution >= 0.6 is 0 Å². The first-order valence-electron chi connectivity index (χ1n) is 5.92. The molecule has 1 nitrogen and oxygen atoms in total. The first-order valence-corrected chi connectivity index (χ1v) is 5.92. The van der Waals surface area contributed by atoms with Gasteiger partial charge in [-0.25, -0.2) is 0 Å². The molecule has 0 aliphatic carbocycles. The highest BCUT2D eigenvalue weighted by Crippen LogP contribution is 2.21. The second kappa shape index (κ2) is 5.16. The van der Waals surface area contributed by atoms with E-state index in [4.69, 9.17) is 5.26 Å². The summed E-state index contributed by atoms with van der Waals surface area (Å²) in [5.74, 6) is 0.548. The molecule has 0 aliphatic heterocycles. The van der Waals surface area contributed by atoms with Gasteiger partial charge in [0.1, 0.15) is 0 Å². The van der Waals surface area contributed by atoms with Crippen LogP contribution in [0, 0.1) is 43.9 Å². The Morgan fingerprint density at radius 2 is 1.62 bits per heavy atom. The number of hydrogen-bond acceptors (Lipinski definition) is 1. The van der Waals surface area contributed by atoms with Gasteiger partial charge in [0.05, 0.1) is 12.0 Å². The number of benzene rings is 1. The Bertz CT molecular complexity index is 410. The van der Waals surface area contributed by atoms with Crippen LogP contribution in [0.15, 0.2) is 12.1 Å². The van der Waals surface area contributed by atoms with E-state index < -0.39 is 0 Å². The van der Waals surface area contributed by atoms with E-state index in [2.05, 4.69) is 52.8 Å². The standard InChI is InChI=1S/C15H21N/c1-10(2)15(9-16)8-14-7-12(4)11(3)6-13(14)5/h6-7,10,15H,8H2,1-5H3. The highest BCUT2D eigenvalue weighted by molar-refractivity contribution is 5.37. The fourth-order valence-corrected chi connectivity index (χ4v) is 1.91. The fraction of sp³-hybridized carbons (Fsp3) is 0.533. The highest BCUT2D eigenvalue weighted by atomic mass is 14.3. The van der Waals surface area contributed by atoms with Gasteiger partial charge in [-0.15, -0.1) is 0 Å². The van der Waals surface area contributed by atoms with Crippen LogP contribution in [0.4, 0.5) is 0 Å². The first-order chi connectivity index (χ1) is 7.45. The molecule has 1 aromatic carbocycles. The molecule has 1 rings (SSSR count). The predicted octanol–water partition coefficient (Wildman–Crippen LogP) is 3.95. The molecule has 1 aromatic rings. The maximum absolute atomic E-state index is 9.12. The van der Waals surface area contributed by atoms with Crippen molar-refractivity contribution in [3.05, 3.63) is 34.4 Å². The summed E-state index contributed by atoms with van der Waals surface area (Å²) in [6.45, 7) is 10.6. The van der Waals surface area contributed by atoms with Gasteiger partial charge in [0.15, 0.2) is 0 Å². The molecule has 1 unspecified atom stereocenters. The van der Waals surface area contributed by atoms with Gasteiger partial charge >= 0.3 is 0 Å². The lowest BCUT2D eigenvalue weighted by molar-refractivity contribution is 0.473. The molecule has 0 fully saturated rings. The van der Waals surface area contributed by atoms with Crippen molar-refractivity contribution in [3.8, 4) is 6.07 Å². The predicted molar refractivity (Wildman–Crippen MR) is 68.3 cm³/mol. The molecule has 0 bridgehead atoms. The minimum absolute atomic E-state index is 0.126. The van der Waals surface area contributed by atoms with Crippen LogP contribution in [0.1, 0.15) is 36.1 Å². The van der Waals surface area contributed by atoms with E-state index in [1.807, 2.05) is 0 Å². The summed E-state index contributed by atoms with van der Waals surface area (Å²) in [6, 6.07) is 6.87. The van der Waals surface area contributed by atoms with Gasteiger partial charge in [-0.2, -0.15) is 5.26 Å². The molecule has 0 saturated heterocycles. The minimum Gasteiger partial charge on any atom is -0.198 e. The second-order valence-electron chi connectivity index (χ2n) is 5.05. The highest BCUT2D eigenvalue weighted by Gasteiger charge is 2.14. The van der Waals surface area contributed by atoms with Crippen LogP contribution in [-0.2, 0) is 6.42 Å². The molecule has 0 saturated carbocycles. The maximum atomic E-state index is 9.12. The first kappa shape index (κ1) is 12.8. The van der Waals surface area contributed by atoms with Crippen molar-refractivity contribution >= 4 is 0 Å². The topological polar surface area (TPSA) is 23.8 Å². The number of rotatable bonds is 3. The van der Waals surface area contributed by atoms with Crippen molar-refractivity contribution in [2.45, 2.75) is 41.0 Å². The molecule has 1 heteroatoms. The zero-order chi connectivity index (χ0) is 12.3. The molecule has 16 heavy (non-hydrogen) atoms. The summed E-state index contributed by atoms with van der Waals surface area (Å²) in [4.78, 5) is 0. The van der Waals surface area contributed by atoms with Crippen LogP contribution in [0.25, 0.3) is 0 Å². The van der Waals surface area contributed by atoms with Crippen LogP contribution in [-0.4, -0.2) is 0 Å². The van der Waals surface area contributed by atoms with Gasteiger partial charge in [0, 0.05) is 0 Å². The van der Waals surface area contributed by atoms with Crippen molar-refractivity contribution in [2.24, 2.45) is 11.8 Å². The van der Waals surface area contributed by atoms with E-state index in [0.717, 1.165) is 6.42 Å². The van der Waals surface area contributed by atoms with Gasteiger partial charge < -0.3 is 0 Å². The Morgan fingerprint density at radius 3 is 2.12 bits per heavy atom. The summed E-state index contributed by atoms with van der Waals surface area (Å²) in [5.41, 5.74) is 5.28. The van der Waals surface area contributed by atoms with Crippen LogP contribution < -0.4 is 0 Å². The number of hydrogen-bond donors (Lipinski definition) is 0. The lowest BCUT2D eigenvalue weighted by atomic mass is 9.87. The maximum Gasteiger partial charge on any atom is 0.0661 e. The quantitative estimate of drug-likeness (QED) is 0.749. The van der Waals surface area contributed by atoms with E-state index in [1.54, 1.807) is 0 Å². The molecule has 86 valence electrons. The molecular weight excluding hydrogens is 194 g/mol. The normalized spacial score (nSPS) is 12.6. The molecular formula is C15H21N. The van der Waals surface area contributed by atoms with Crippen molar-refractivity contribution in [1.82, 2.24) is 0 Å². The Labute approximate surface area is 99.1 Å². The average Bonchev–Trinajstić information content (AvgIpc) is 2.21. The summed E-state index contributed by atoms with van der Waals surface area (Å²) < 4.78 is 0. The summed E-state index contributed by atoms with van der Waals surface area (Å²) in [6.07, 6.45) is 0.876. The third kappa shape index (κ3) is 2.85. The smallest absolute Gasteiger partial charge is 0.0661 e. The third-order valence-corrected chi connectivity index (χ3v) is 3.36. The van der Waals surface area contributed by atoms with Crippen molar-refractivity contribution < 1.29 is 0 Å². The molecule has 0 N–H and O–H groups in total. The largest absolute Gasteiger partial charge is 0.198 e. The Kier molecular flexibility index (Phi) is 4.12. The van der Waals surface area contributed by atoms with Crippen molar-refractivity contribution in [3.63, 3.8) is 0 Å². The van der Waals surface area contributed by atoms with E-state index in [9.17, 15) is 0 Å². The van der Waals surface area contributed by atoms with Crippen LogP contribution in [0.2, 0.25) is 0 Å². The number of nitrogens with zero attached hydrogens (tertiary/aromatic N) is 1. The van der Waals surface area contributed by atoms with Gasteiger partial charge in [-0.05, 0) is 55.4 Å². The zero-order valence-electron chi connectivity index (χ0n) is 11.0. The molecule has 0 aromatic heterocycles. The summed E-state index contributed by atoms with van der Waals surface area (Å²) in [5, 5.41) is 9.12. The summed E-state index contributed by atoms with van der Waals surface area (Å²) in [7, 11) is 0. The van der Waals surface area contributed by atoms with E-state index in [0.29, 0.717) is 5.92 Å². The molecule has 0 radical (unpaired) electrons. The van der Waals surface area contributed by atoms with E-state index in [-0.39, 0.29) is 5.92 Å². The van der Waals surface area contributed by atoms with Gasteiger partial charge in [-0.3, -0.25) is 0 Å². The Morgan fingerprint density at radius 1 is 1.06 bits per heavy atom. The number of aryl methyl sites for hydroxylation is 3. The lowest BCUT2D eigenvalue weighted by Crippen LogP contribution is -2.10. The minimum atomic E-state index is 0.126. The third-order valence-electron chi connectivity index (χ3n) is 3.36. The summed E-state index contributed by atoms with van der Waals surface area (Å²) >= 11 is 0. The molecule has 0 amide bonds. The van der Waals surface area contributed by atoms with Gasteiger partial charge in [0.2, 0.25) is 0 Å². The lowest BCUT2D eigenvalue weighted by Gasteiger charge is -2.16. The monoisotopic (exact) mass is 215 g/mol. The van der Waals surface area contributed by atoms with Crippen LogP contribution in [0.3, 0.4) is 0 Å². The molecule has 1 atom stereocenters. The van der Waals surface area contributed by atoms with E-state index >= 15 is 0 Å². The Hall–Kier alpha value is -1.29. The molecule has 0 aliphatic rings. The van der Waals surface area contributed by atoms with Crippen molar-refractivity contribution in [1.29, 1.82) is 5.26 Å². The SMILES string of the molecule is Cc1cc(C)c(CC(C#N)C(C)C)cc1C. The molecule has 0 heterocycles. The average molecular weight is 215 g/mol. The van der Waals surface area contributed by atoms with Gasteiger partial charge in [-0.1, -0.05) is 26.0 Å². The second-order valence-corrected chi connectivity index (χ2v) is 5.05. The molecule has 0 spiro atoms.